The molecule has 3 heteroatoms. The van der Waals surface area contributed by atoms with Gasteiger partial charge in [0.1, 0.15) is 0 Å². The van der Waals surface area contributed by atoms with Crippen LogP contribution in [-0.4, -0.2) is 25.0 Å². The number of rotatable bonds is 3. The average Bonchev–Trinajstić information content (AvgIpc) is 2.45. The Labute approximate surface area is 86.6 Å². The first-order valence-electron chi connectivity index (χ1n) is 5.71. The van der Waals surface area contributed by atoms with E-state index in [1.165, 1.54) is 25.7 Å². The molecule has 1 amide bonds. The molecule has 1 saturated carbocycles. The van der Waals surface area contributed by atoms with Crippen LogP contribution in [0.15, 0.2) is 0 Å². The van der Waals surface area contributed by atoms with Gasteiger partial charge in [-0.3, -0.25) is 4.79 Å². The second kappa shape index (κ2) is 6.02. The Balaban J connectivity index is 2.30. The van der Waals surface area contributed by atoms with Gasteiger partial charge in [0.2, 0.25) is 5.91 Å². The minimum absolute atomic E-state index is 0.0711. The van der Waals surface area contributed by atoms with Crippen LogP contribution in [0, 0.1) is 0 Å². The molecule has 1 atom stereocenters. The molecule has 14 heavy (non-hydrogen) atoms. The van der Waals surface area contributed by atoms with Crippen LogP contribution in [0.3, 0.4) is 0 Å². The highest BCUT2D eigenvalue weighted by molar-refractivity contribution is 5.81. The van der Waals surface area contributed by atoms with Gasteiger partial charge >= 0.3 is 0 Å². The van der Waals surface area contributed by atoms with Gasteiger partial charge in [-0.05, 0) is 26.8 Å². The lowest BCUT2D eigenvalue weighted by Crippen LogP contribution is -2.45. The molecule has 0 unspecified atom stereocenters. The zero-order valence-electron chi connectivity index (χ0n) is 9.31. The van der Waals surface area contributed by atoms with E-state index in [4.69, 9.17) is 0 Å². The Hall–Kier alpha value is -0.570. The van der Waals surface area contributed by atoms with Crippen molar-refractivity contribution >= 4 is 5.91 Å². The molecule has 1 aliphatic carbocycles. The number of hydrogen-bond acceptors (Lipinski definition) is 2. The van der Waals surface area contributed by atoms with Crippen LogP contribution >= 0.6 is 0 Å². The Kier molecular flexibility index (Phi) is 4.94. The Bertz CT molecular complexity index is 174. The van der Waals surface area contributed by atoms with Crippen molar-refractivity contribution in [3.8, 4) is 0 Å². The first-order chi connectivity index (χ1) is 6.74. The third kappa shape index (κ3) is 3.66. The number of carbonyl (C=O) groups is 1. The van der Waals surface area contributed by atoms with Gasteiger partial charge in [-0.25, -0.2) is 0 Å². The molecular weight excluding hydrogens is 176 g/mol. The predicted molar refractivity (Wildman–Crippen MR) is 58.2 cm³/mol. The van der Waals surface area contributed by atoms with Crippen molar-refractivity contribution in [3.63, 3.8) is 0 Å². The molecule has 1 aliphatic rings. The molecule has 2 N–H and O–H groups in total. The van der Waals surface area contributed by atoms with E-state index in [0.717, 1.165) is 12.8 Å². The topological polar surface area (TPSA) is 41.1 Å². The van der Waals surface area contributed by atoms with E-state index in [1.54, 1.807) is 0 Å². The van der Waals surface area contributed by atoms with Gasteiger partial charge in [-0.15, -0.1) is 0 Å². The van der Waals surface area contributed by atoms with E-state index >= 15 is 0 Å². The summed E-state index contributed by atoms with van der Waals surface area (Å²) in [5, 5.41) is 6.07. The molecule has 82 valence electrons. The van der Waals surface area contributed by atoms with E-state index in [0.29, 0.717) is 6.04 Å². The number of nitrogens with one attached hydrogen (secondary N) is 2. The van der Waals surface area contributed by atoms with Gasteiger partial charge < -0.3 is 10.6 Å². The summed E-state index contributed by atoms with van der Waals surface area (Å²) in [6.07, 6.45) is 7.49. The molecule has 0 heterocycles. The van der Waals surface area contributed by atoms with Crippen molar-refractivity contribution in [1.29, 1.82) is 0 Å². The first-order valence-corrected chi connectivity index (χ1v) is 5.71. The van der Waals surface area contributed by atoms with Crippen LogP contribution in [0.4, 0.5) is 0 Å². The minimum Gasteiger partial charge on any atom is -0.352 e. The van der Waals surface area contributed by atoms with Crippen LogP contribution < -0.4 is 10.6 Å². The van der Waals surface area contributed by atoms with Gasteiger partial charge in [0, 0.05) is 6.04 Å². The standard InChI is InChI=1S/C11H22N2O/c1-9(12-2)11(14)13-10-7-5-3-4-6-8-10/h9-10,12H,3-8H2,1-2H3,(H,13,14)/t9-/m0/s1. The predicted octanol–water partition coefficient (Wildman–Crippen LogP) is 1.43. The van der Waals surface area contributed by atoms with E-state index < -0.39 is 0 Å². The summed E-state index contributed by atoms with van der Waals surface area (Å²) >= 11 is 0. The second-order valence-electron chi connectivity index (χ2n) is 4.21. The maximum Gasteiger partial charge on any atom is 0.237 e. The van der Waals surface area contributed by atoms with Crippen LogP contribution in [-0.2, 0) is 4.79 Å². The lowest BCUT2D eigenvalue weighted by molar-refractivity contribution is -0.123. The summed E-state index contributed by atoms with van der Waals surface area (Å²) in [6.45, 7) is 1.89. The van der Waals surface area contributed by atoms with E-state index in [2.05, 4.69) is 10.6 Å². The summed E-state index contributed by atoms with van der Waals surface area (Å²) in [7, 11) is 1.82. The van der Waals surface area contributed by atoms with Gasteiger partial charge in [0.25, 0.3) is 0 Å². The number of carbonyl (C=O) groups excluding carboxylic acids is 1. The molecule has 0 spiro atoms. The van der Waals surface area contributed by atoms with Crippen molar-refractivity contribution in [3.05, 3.63) is 0 Å². The highest BCUT2D eigenvalue weighted by Gasteiger charge is 2.17. The number of likely N-dealkylation sites (N-methyl/N-ethyl adjacent to an activating group) is 1. The van der Waals surface area contributed by atoms with E-state index in [9.17, 15) is 4.79 Å². The van der Waals surface area contributed by atoms with Gasteiger partial charge in [-0.1, -0.05) is 25.7 Å². The van der Waals surface area contributed by atoms with Crippen molar-refractivity contribution in [2.24, 2.45) is 0 Å². The second-order valence-corrected chi connectivity index (χ2v) is 4.21. The maximum atomic E-state index is 11.6. The Morgan fingerprint density at radius 1 is 1.21 bits per heavy atom. The number of amides is 1. The molecule has 0 aliphatic heterocycles. The molecule has 0 aromatic carbocycles. The average molecular weight is 198 g/mol. The summed E-state index contributed by atoms with van der Waals surface area (Å²) in [5.74, 6) is 0.138. The molecule has 0 radical (unpaired) electrons. The highest BCUT2D eigenvalue weighted by Crippen LogP contribution is 2.17. The van der Waals surface area contributed by atoms with Crippen LogP contribution in [0.1, 0.15) is 45.4 Å². The summed E-state index contributed by atoms with van der Waals surface area (Å²) in [4.78, 5) is 11.6. The molecule has 0 aromatic heterocycles. The normalized spacial score (nSPS) is 21.3. The molecule has 0 aromatic rings. The number of hydrogen-bond donors (Lipinski definition) is 2. The molecule has 1 fully saturated rings. The molecule has 0 saturated heterocycles. The van der Waals surface area contributed by atoms with Gasteiger partial charge in [0.05, 0.1) is 6.04 Å². The van der Waals surface area contributed by atoms with E-state index in [-0.39, 0.29) is 11.9 Å². The fourth-order valence-corrected chi connectivity index (χ4v) is 1.88. The van der Waals surface area contributed by atoms with Crippen LogP contribution in [0.25, 0.3) is 0 Å². The zero-order chi connectivity index (χ0) is 10.4. The van der Waals surface area contributed by atoms with Crippen molar-refractivity contribution < 1.29 is 4.79 Å². The lowest BCUT2D eigenvalue weighted by Gasteiger charge is -2.18. The third-order valence-corrected chi connectivity index (χ3v) is 3.03. The fourth-order valence-electron chi connectivity index (χ4n) is 1.88. The monoisotopic (exact) mass is 198 g/mol. The third-order valence-electron chi connectivity index (χ3n) is 3.03. The summed E-state index contributed by atoms with van der Waals surface area (Å²) in [5.41, 5.74) is 0. The SMILES string of the molecule is CN[C@@H](C)C(=O)NC1CCCCCC1. The molecule has 3 nitrogen and oxygen atoms in total. The molecule has 1 rings (SSSR count). The fraction of sp³-hybridized carbons (Fsp3) is 0.909. The highest BCUT2D eigenvalue weighted by atomic mass is 16.2. The molecule has 0 bridgehead atoms. The van der Waals surface area contributed by atoms with Gasteiger partial charge in [0.15, 0.2) is 0 Å². The largest absolute Gasteiger partial charge is 0.352 e. The Morgan fingerprint density at radius 2 is 1.79 bits per heavy atom. The minimum atomic E-state index is -0.0711. The van der Waals surface area contributed by atoms with E-state index in [1.807, 2.05) is 14.0 Å². The smallest absolute Gasteiger partial charge is 0.237 e. The summed E-state index contributed by atoms with van der Waals surface area (Å²) < 4.78 is 0. The molecular formula is C11H22N2O. The first kappa shape index (κ1) is 11.5. The Morgan fingerprint density at radius 3 is 2.29 bits per heavy atom. The van der Waals surface area contributed by atoms with Crippen molar-refractivity contribution in [2.45, 2.75) is 57.5 Å². The zero-order valence-corrected chi connectivity index (χ0v) is 9.31. The maximum absolute atomic E-state index is 11.6. The lowest BCUT2D eigenvalue weighted by atomic mass is 10.1. The quantitative estimate of drug-likeness (QED) is 0.674. The summed E-state index contributed by atoms with van der Waals surface area (Å²) in [6, 6.07) is 0.346. The van der Waals surface area contributed by atoms with Crippen molar-refractivity contribution in [1.82, 2.24) is 10.6 Å². The van der Waals surface area contributed by atoms with Crippen LogP contribution in [0.5, 0.6) is 0 Å². The van der Waals surface area contributed by atoms with Crippen LogP contribution in [0.2, 0.25) is 0 Å². The van der Waals surface area contributed by atoms with Gasteiger partial charge in [-0.2, -0.15) is 0 Å². The van der Waals surface area contributed by atoms with Crippen molar-refractivity contribution in [2.75, 3.05) is 7.05 Å².